The lowest BCUT2D eigenvalue weighted by atomic mass is 9.93. The maximum absolute atomic E-state index is 13.8. The molecular formula is C25H30FNO7. The molecule has 0 aliphatic heterocycles. The zero-order valence-electron chi connectivity index (χ0n) is 19.9. The van der Waals surface area contributed by atoms with Crippen molar-refractivity contribution < 1.29 is 38.1 Å². The van der Waals surface area contributed by atoms with Crippen LogP contribution in [-0.4, -0.2) is 41.2 Å². The van der Waals surface area contributed by atoms with Gasteiger partial charge in [0.1, 0.15) is 23.6 Å². The number of rotatable bonds is 10. The molecule has 0 saturated carbocycles. The van der Waals surface area contributed by atoms with Gasteiger partial charge in [-0.2, -0.15) is 0 Å². The van der Waals surface area contributed by atoms with Crippen LogP contribution in [0.1, 0.15) is 56.5 Å². The van der Waals surface area contributed by atoms with E-state index in [1.54, 1.807) is 39.0 Å². The van der Waals surface area contributed by atoms with Crippen LogP contribution in [0.5, 0.6) is 11.5 Å². The Kier molecular flexibility index (Phi) is 8.62. The summed E-state index contributed by atoms with van der Waals surface area (Å²) in [5.41, 5.74) is -1.85. The van der Waals surface area contributed by atoms with E-state index in [2.05, 4.69) is 5.32 Å². The van der Waals surface area contributed by atoms with Gasteiger partial charge in [0.15, 0.2) is 17.3 Å². The number of Topliss-reactive ketones (excluding diaryl/α,β-unsaturated/α-hetero) is 1. The molecule has 0 radical (unpaired) electrons. The highest BCUT2D eigenvalue weighted by molar-refractivity contribution is 5.97. The number of alkyl carbamates (subject to hydrolysis) is 1. The molecule has 0 unspecified atom stereocenters. The molecule has 34 heavy (non-hydrogen) atoms. The van der Waals surface area contributed by atoms with Crippen molar-refractivity contribution in [2.75, 3.05) is 7.11 Å². The highest BCUT2D eigenvalue weighted by Crippen LogP contribution is 2.30. The topological polar surface area (TPSA) is 111 Å². The number of methoxy groups -OCH3 is 1. The number of ether oxygens (including phenoxy) is 3. The van der Waals surface area contributed by atoms with E-state index in [1.807, 2.05) is 0 Å². The zero-order chi connectivity index (χ0) is 25.5. The third-order valence-corrected chi connectivity index (χ3v) is 4.93. The molecule has 0 aliphatic carbocycles. The molecule has 0 bridgehead atoms. The molecule has 0 aliphatic rings. The highest BCUT2D eigenvalue weighted by Gasteiger charge is 2.36. The van der Waals surface area contributed by atoms with Crippen LogP contribution in [0.3, 0.4) is 0 Å². The minimum absolute atomic E-state index is 0.0242. The minimum atomic E-state index is -1.70. The van der Waals surface area contributed by atoms with Crippen LogP contribution in [-0.2, 0) is 16.1 Å². The second-order valence-corrected chi connectivity index (χ2v) is 8.93. The molecule has 2 N–H and O–H groups in total. The fourth-order valence-corrected chi connectivity index (χ4v) is 2.99. The molecule has 0 aromatic heterocycles. The second-order valence-electron chi connectivity index (χ2n) is 8.93. The Morgan fingerprint density at radius 1 is 1.03 bits per heavy atom. The van der Waals surface area contributed by atoms with Gasteiger partial charge >= 0.3 is 12.1 Å². The van der Waals surface area contributed by atoms with Crippen molar-refractivity contribution in [2.45, 2.75) is 58.3 Å². The first-order valence-electron chi connectivity index (χ1n) is 10.7. The molecular weight excluding hydrogens is 445 g/mol. The predicted octanol–water partition coefficient (Wildman–Crippen LogP) is 4.74. The number of hydrogen-bond donors (Lipinski definition) is 2. The first kappa shape index (κ1) is 26.6. The molecule has 1 atom stereocenters. The number of ketones is 1. The largest absolute Gasteiger partial charge is 0.493 e. The number of aliphatic carboxylic acids is 1. The summed E-state index contributed by atoms with van der Waals surface area (Å²) in [6.45, 7) is 6.26. The summed E-state index contributed by atoms with van der Waals surface area (Å²) in [7, 11) is 1.41. The summed E-state index contributed by atoms with van der Waals surface area (Å²) in [4.78, 5) is 36.6. The van der Waals surface area contributed by atoms with Crippen LogP contribution in [0, 0.1) is 5.82 Å². The van der Waals surface area contributed by atoms with Crippen molar-refractivity contribution in [2.24, 2.45) is 0 Å². The minimum Gasteiger partial charge on any atom is -0.493 e. The van der Waals surface area contributed by atoms with E-state index < -0.39 is 29.0 Å². The molecule has 0 spiro atoms. The van der Waals surface area contributed by atoms with Gasteiger partial charge in [-0.3, -0.25) is 4.79 Å². The third-order valence-electron chi connectivity index (χ3n) is 4.93. The lowest BCUT2D eigenvalue weighted by molar-refractivity contribution is -0.144. The molecule has 0 heterocycles. The van der Waals surface area contributed by atoms with Crippen molar-refractivity contribution in [1.82, 2.24) is 5.32 Å². The first-order valence-corrected chi connectivity index (χ1v) is 10.7. The van der Waals surface area contributed by atoms with Gasteiger partial charge in [0.2, 0.25) is 0 Å². The van der Waals surface area contributed by atoms with E-state index in [0.717, 1.165) is 0 Å². The van der Waals surface area contributed by atoms with Gasteiger partial charge < -0.3 is 24.6 Å². The fraction of sp³-hybridized carbons (Fsp3) is 0.400. The highest BCUT2D eigenvalue weighted by atomic mass is 19.1. The molecule has 2 aromatic rings. The third kappa shape index (κ3) is 7.47. The van der Waals surface area contributed by atoms with Crippen LogP contribution < -0.4 is 14.8 Å². The standard InChI is InChI=1S/C25H30FNO7/c1-24(2,3)34-23(31)27-25(4,22(29)30)13-12-19(28)16-10-11-20(21(14-16)32-5)33-15-17-8-6-7-9-18(17)26/h6-11,14H,12-13,15H2,1-5H3,(H,27,31)(H,29,30)/t25-/m0/s1. The van der Waals surface area contributed by atoms with E-state index in [1.165, 1.54) is 38.3 Å². The van der Waals surface area contributed by atoms with Gasteiger partial charge in [-0.05, 0) is 58.4 Å². The van der Waals surface area contributed by atoms with Crippen LogP contribution in [0.4, 0.5) is 9.18 Å². The van der Waals surface area contributed by atoms with E-state index in [4.69, 9.17) is 14.2 Å². The molecule has 0 saturated heterocycles. The Hall–Kier alpha value is -3.62. The number of amides is 1. The van der Waals surface area contributed by atoms with Crippen LogP contribution in [0.25, 0.3) is 0 Å². The number of halogens is 1. The van der Waals surface area contributed by atoms with Crippen LogP contribution in [0.15, 0.2) is 42.5 Å². The fourth-order valence-electron chi connectivity index (χ4n) is 2.99. The summed E-state index contributed by atoms with van der Waals surface area (Å²) in [6, 6.07) is 10.7. The summed E-state index contributed by atoms with van der Waals surface area (Å²) in [6.07, 6.45) is -1.20. The smallest absolute Gasteiger partial charge is 0.408 e. The Balaban J connectivity index is 2.07. The quantitative estimate of drug-likeness (QED) is 0.477. The monoisotopic (exact) mass is 475 g/mol. The van der Waals surface area contributed by atoms with Gasteiger partial charge in [-0.1, -0.05) is 18.2 Å². The summed E-state index contributed by atoms with van der Waals surface area (Å²) in [5.74, 6) is -1.44. The summed E-state index contributed by atoms with van der Waals surface area (Å²) >= 11 is 0. The van der Waals surface area contributed by atoms with Crippen molar-refractivity contribution in [3.63, 3.8) is 0 Å². The zero-order valence-corrected chi connectivity index (χ0v) is 19.9. The SMILES string of the molecule is COc1cc(C(=O)CC[C@](C)(NC(=O)OC(C)(C)C)C(=O)O)ccc1OCc1ccccc1F. The Morgan fingerprint density at radius 3 is 2.29 bits per heavy atom. The molecule has 2 aromatic carbocycles. The van der Waals surface area contributed by atoms with Gasteiger partial charge in [0.25, 0.3) is 0 Å². The second kappa shape index (κ2) is 11.0. The number of carboxylic acids is 1. The summed E-state index contributed by atoms with van der Waals surface area (Å²) < 4.78 is 29.9. The van der Waals surface area contributed by atoms with E-state index >= 15 is 0 Å². The van der Waals surface area contributed by atoms with Crippen molar-refractivity contribution in [3.05, 3.63) is 59.4 Å². The average Bonchev–Trinajstić information content (AvgIpc) is 2.75. The Morgan fingerprint density at radius 2 is 1.71 bits per heavy atom. The normalized spacial score (nSPS) is 12.9. The van der Waals surface area contributed by atoms with Gasteiger partial charge in [0, 0.05) is 17.5 Å². The van der Waals surface area contributed by atoms with E-state index in [9.17, 15) is 23.9 Å². The van der Waals surface area contributed by atoms with Crippen molar-refractivity contribution >= 4 is 17.8 Å². The van der Waals surface area contributed by atoms with E-state index in [-0.39, 0.29) is 36.5 Å². The lowest BCUT2D eigenvalue weighted by Crippen LogP contribution is -2.53. The molecule has 1 amide bonds. The molecule has 8 nitrogen and oxygen atoms in total. The average molecular weight is 476 g/mol. The predicted molar refractivity (Wildman–Crippen MR) is 123 cm³/mol. The maximum Gasteiger partial charge on any atom is 0.408 e. The number of carboxylic acid groups (broad SMARTS) is 1. The van der Waals surface area contributed by atoms with Crippen LogP contribution >= 0.6 is 0 Å². The summed E-state index contributed by atoms with van der Waals surface area (Å²) in [5, 5.41) is 11.9. The first-order chi connectivity index (χ1) is 15.8. The Bertz CT molecular complexity index is 1050. The number of nitrogens with one attached hydrogen (secondary N) is 1. The van der Waals surface area contributed by atoms with Crippen molar-refractivity contribution in [1.29, 1.82) is 0 Å². The van der Waals surface area contributed by atoms with Gasteiger partial charge in [-0.25, -0.2) is 14.0 Å². The number of benzene rings is 2. The van der Waals surface area contributed by atoms with Gasteiger partial charge in [-0.15, -0.1) is 0 Å². The molecule has 9 heteroatoms. The number of carbonyl (C=O) groups is 3. The maximum atomic E-state index is 13.8. The van der Waals surface area contributed by atoms with Crippen LogP contribution in [0.2, 0.25) is 0 Å². The Labute approximate surface area is 198 Å². The number of carbonyl (C=O) groups excluding carboxylic acids is 2. The molecule has 2 rings (SSSR count). The van der Waals surface area contributed by atoms with Gasteiger partial charge in [0.05, 0.1) is 7.11 Å². The van der Waals surface area contributed by atoms with E-state index in [0.29, 0.717) is 11.3 Å². The lowest BCUT2D eigenvalue weighted by Gasteiger charge is -2.28. The molecule has 184 valence electrons. The molecule has 0 fully saturated rings. The van der Waals surface area contributed by atoms with Crippen molar-refractivity contribution in [3.8, 4) is 11.5 Å². The number of hydrogen-bond acceptors (Lipinski definition) is 6.